The summed E-state index contributed by atoms with van der Waals surface area (Å²) in [6.07, 6.45) is -4.44. The van der Waals surface area contributed by atoms with Crippen LogP contribution in [0.2, 0.25) is 0 Å². The molecule has 2 heterocycles. The van der Waals surface area contributed by atoms with Crippen LogP contribution < -0.4 is 16.1 Å². The molecule has 5 rings (SSSR count). The topological polar surface area (TPSA) is 50.5 Å². The summed E-state index contributed by atoms with van der Waals surface area (Å²) in [5.74, 6) is -1.06. The molecule has 1 aromatic heterocycles. The number of alkyl halides is 3. The molecule has 0 saturated carbocycles. The average molecular weight is 615 g/mol. The second kappa shape index (κ2) is 13.6. The summed E-state index contributed by atoms with van der Waals surface area (Å²) >= 11 is 0. The first-order valence-corrected chi connectivity index (χ1v) is 13.9. The molecule has 1 aliphatic rings. The molecule has 1 fully saturated rings. The van der Waals surface area contributed by atoms with Gasteiger partial charge in [0.05, 0.1) is 12.1 Å². The maximum atomic E-state index is 14.9. The van der Waals surface area contributed by atoms with Gasteiger partial charge < -0.3 is 4.90 Å². The number of halogens is 4. The quantitative estimate of drug-likeness (QED) is 0.256. The highest BCUT2D eigenvalue weighted by atomic mass is 32.1. The normalized spacial score (nSPS) is 14.0. The second-order valence-corrected chi connectivity index (χ2v) is 10.5. The van der Waals surface area contributed by atoms with E-state index in [-0.39, 0.29) is 31.4 Å². The van der Waals surface area contributed by atoms with Crippen LogP contribution in [-0.2, 0) is 32.2 Å². The van der Waals surface area contributed by atoms with E-state index in [1.54, 1.807) is 6.92 Å². The SMILES string of the molecule is Cc1c(N2CCN(Cc3ccccc3)CC2)c(=O)n(CCc2ccccc2)c(=O)n1Cc1c(F)cccc1C(F)(F)F.S. The van der Waals surface area contributed by atoms with E-state index in [9.17, 15) is 27.2 Å². The van der Waals surface area contributed by atoms with Gasteiger partial charge in [-0.2, -0.15) is 26.7 Å². The van der Waals surface area contributed by atoms with Crippen molar-refractivity contribution < 1.29 is 17.6 Å². The van der Waals surface area contributed by atoms with Crippen LogP contribution >= 0.6 is 13.5 Å². The van der Waals surface area contributed by atoms with Gasteiger partial charge in [-0.05, 0) is 36.6 Å². The molecule has 0 aliphatic carbocycles. The van der Waals surface area contributed by atoms with Gasteiger partial charge in [-0.1, -0.05) is 66.7 Å². The van der Waals surface area contributed by atoms with Gasteiger partial charge in [0.1, 0.15) is 11.5 Å². The van der Waals surface area contributed by atoms with Crippen LogP contribution in [0.3, 0.4) is 0 Å². The molecule has 0 bridgehead atoms. The number of hydrogen-bond acceptors (Lipinski definition) is 4. The van der Waals surface area contributed by atoms with Crippen molar-refractivity contribution in [2.45, 2.75) is 39.2 Å². The molecule has 11 heteroatoms. The lowest BCUT2D eigenvalue weighted by Crippen LogP contribution is -2.51. The first kappa shape index (κ1) is 32.1. The standard InChI is InChI=1S/C32H32F4N4O2.H2S/c1-23-29(38-19-17-37(18-20-38)21-25-11-6-3-7-12-25)30(41)39(16-15-24-9-4-2-5-10-24)31(42)40(23)22-26-27(32(34,35)36)13-8-14-28(26)33;/h2-14H,15-22H2,1H3;1H2. The summed E-state index contributed by atoms with van der Waals surface area (Å²) in [6, 6.07) is 22.1. The average Bonchev–Trinajstić information content (AvgIpc) is 2.97. The third-order valence-electron chi connectivity index (χ3n) is 7.80. The molecule has 228 valence electrons. The number of aryl methyl sites for hydroxylation is 1. The molecule has 43 heavy (non-hydrogen) atoms. The van der Waals surface area contributed by atoms with Crippen LogP contribution in [0.5, 0.6) is 0 Å². The number of rotatable bonds is 8. The van der Waals surface area contributed by atoms with Crippen LogP contribution in [0.4, 0.5) is 23.2 Å². The van der Waals surface area contributed by atoms with Crippen LogP contribution in [0, 0.1) is 12.7 Å². The zero-order valence-electron chi connectivity index (χ0n) is 23.8. The Morgan fingerprint density at radius 3 is 1.95 bits per heavy atom. The Morgan fingerprint density at radius 2 is 1.35 bits per heavy atom. The van der Waals surface area contributed by atoms with Gasteiger partial charge in [-0.3, -0.25) is 18.8 Å². The molecule has 1 saturated heterocycles. The highest BCUT2D eigenvalue weighted by Crippen LogP contribution is 2.33. The van der Waals surface area contributed by atoms with Crippen molar-refractivity contribution in [2.75, 3.05) is 31.1 Å². The first-order chi connectivity index (χ1) is 20.1. The lowest BCUT2D eigenvalue weighted by molar-refractivity contribution is -0.138. The summed E-state index contributed by atoms with van der Waals surface area (Å²) in [5, 5.41) is 0. The van der Waals surface area contributed by atoms with Crippen molar-refractivity contribution in [1.82, 2.24) is 14.0 Å². The molecule has 0 N–H and O–H groups in total. The van der Waals surface area contributed by atoms with E-state index in [2.05, 4.69) is 17.0 Å². The zero-order chi connectivity index (χ0) is 29.9. The van der Waals surface area contributed by atoms with Gasteiger partial charge in [0.15, 0.2) is 0 Å². The number of anilines is 1. The minimum atomic E-state index is -4.81. The zero-order valence-corrected chi connectivity index (χ0v) is 24.8. The Morgan fingerprint density at radius 1 is 0.744 bits per heavy atom. The summed E-state index contributed by atoms with van der Waals surface area (Å²) in [5.41, 5.74) is -0.499. The van der Waals surface area contributed by atoms with Crippen molar-refractivity contribution in [3.63, 3.8) is 0 Å². The minimum Gasteiger partial charge on any atom is -0.363 e. The summed E-state index contributed by atoms with van der Waals surface area (Å²) in [6.45, 7) is 3.97. The van der Waals surface area contributed by atoms with Crippen LogP contribution in [0.15, 0.2) is 88.5 Å². The lowest BCUT2D eigenvalue weighted by Gasteiger charge is -2.37. The second-order valence-electron chi connectivity index (χ2n) is 10.5. The van der Waals surface area contributed by atoms with Crippen molar-refractivity contribution in [2.24, 2.45) is 0 Å². The van der Waals surface area contributed by atoms with E-state index in [1.165, 1.54) is 5.56 Å². The number of hydrogen-bond donors (Lipinski definition) is 0. The summed E-state index contributed by atoms with van der Waals surface area (Å²) in [7, 11) is 0. The molecule has 4 aromatic rings. The predicted molar refractivity (Wildman–Crippen MR) is 165 cm³/mol. The predicted octanol–water partition coefficient (Wildman–Crippen LogP) is 5.20. The summed E-state index contributed by atoms with van der Waals surface area (Å²) < 4.78 is 58.5. The van der Waals surface area contributed by atoms with E-state index in [1.807, 2.05) is 53.4 Å². The number of piperazine rings is 1. The van der Waals surface area contributed by atoms with Gasteiger partial charge in [0.2, 0.25) is 0 Å². The lowest BCUT2D eigenvalue weighted by atomic mass is 10.1. The van der Waals surface area contributed by atoms with E-state index in [4.69, 9.17) is 0 Å². The molecule has 1 aliphatic heterocycles. The van der Waals surface area contributed by atoms with Gasteiger partial charge in [-0.25, -0.2) is 9.18 Å². The molecular formula is C32H34F4N4O2S. The molecule has 3 aromatic carbocycles. The fourth-order valence-corrected chi connectivity index (χ4v) is 5.53. The molecule has 0 spiro atoms. The maximum absolute atomic E-state index is 14.9. The van der Waals surface area contributed by atoms with Gasteiger partial charge >= 0.3 is 11.9 Å². The van der Waals surface area contributed by atoms with Crippen molar-refractivity contribution in [1.29, 1.82) is 0 Å². The van der Waals surface area contributed by atoms with Crippen molar-refractivity contribution in [3.8, 4) is 0 Å². The van der Waals surface area contributed by atoms with Crippen LogP contribution in [0.1, 0.15) is 27.9 Å². The largest absolute Gasteiger partial charge is 0.416 e. The van der Waals surface area contributed by atoms with Gasteiger partial charge in [0.25, 0.3) is 5.56 Å². The number of nitrogens with zero attached hydrogens (tertiary/aromatic N) is 4. The Hall–Kier alpha value is -3.83. The molecule has 0 radical (unpaired) electrons. The third-order valence-corrected chi connectivity index (χ3v) is 7.80. The highest BCUT2D eigenvalue weighted by molar-refractivity contribution is 7.59. The van der Waals surface area contributed by atoms with Crippen molar-refractivity contribution >= 4 is 19.2 Å². The highest BCUT2D eigenvalue weighted by Gasteiger charge is 2.35. The smallest absolute Gasteiger partial charge is 0.363 e. The van der Waals surface area contributed by atoms with Gasteiger partial charge in [0, 0.05) is 50.5 Å². The van der Waals surface area contributed by atoms with Crippen molar-refractivity contribution in [3.05, 3.63) is 133 Å². The third kappa shape index (κ3) is 7.22. The Labute approximate surface area is 254 Å². The minimum absolute atomic E-state index is 0. The molecule has 0 unspecified atom stereocenters. The monoisotopic (exact) mass is 614 g/mol. The van der Waals surface area contributed by atoms with E-state index < -0.39 is 40.9 Å². The Bertz CT molecular complexity index is 1650. The summed E-state index contributed by atoms with van der Waals surface area (Å²) in [4.78, 5) is 31.7. The van der Waals surface area contributed by atoms with E-state index >= 15 is 0 Å². The Balaban J connectivity index is 0.00000423. The molecule has 0 atom stereocenters. The van der Waals surface area contributed by atoms with E-state index in [0.29, 0.717) is 32.6 Å². The van der Waals surface area contributed by atoms with Crippen LogP contribution in [-0.4, -0.2) is 40.2 Å². The number of benzene rings is 3. The first-order valence-electron chi connectivity index (χ1n) is 13.9. The number of aromatic nitrogens is 2. The van der Waals surface area contributed by atoms with E-state index in [0.717, 1.165) is 39.4 Å². The Kier molecular flexibility index (Phi) is 10.2. The fourth-order valence-electron chi connectivity index (χ4n) is 5.53. The molecular weight excluding hydrogens is 580 g/mol. The molecule has 6 nitrogen and oxygen atoms in total. The van der Waals surface area contributed by atoms with Gasteiger partial charge in [-0.15, -0.1) is 0 Å². The van der Waals surface area contributed by atoms with Crippen LogP contribution in [0.25, 0.3) is 0 Å². The fraction of sp³-hybridized carbons (Fsp3) is 0.312. The molecule has 0 amide bonds. The maximum Gasteiger partial charge on any atom is 0.416 e.